The first-order valence-electron chi connectivity index (χ1n) is 12.1. The fraction of sp³-hybridized carbons (Fsp3) is 0.276. The lowest BCUT2D eigenvalue weighted by Crippen LogP contribution is -2.30. The highest BCUT2D eigenvalue weighted by Gasteiger charge is 2.17. The molecule has 4 aromatic rings. The summed E-state index contributed by atoms with van der Waals surface area (Å²) in [6, 6.07) is 25.2. The van der Waals surface area contributed by atoms with Gasteiger partial charge in [-0.25, -0.2) is 4.98 Å². The van der Waals surface area contributed by atoms with E-state index in [0.29, 0.717) is 6.54 Å². The average molecular weight is 469 g/mol. The summed E-state index contributed by atoms with van der Waals surface area (Å²) in [6.45, 7) is 2.83. The Morgan fingerprint density at radius 1 is 0.886 bits per heavy atom. The minimum atomic E-state index is -0.0223. The van der Waals surface area contributed by atoms with Crippen molar-refractivity contribution >= 4 is 28.5 Å². The van der Waals surface area contributed by atoms with Crippen molar-refractivity contribution in [3.8, 4) is 0 Å². The highest BCUT2D eigenvalue weighted by Crippen LogP contribution is 2.19. The molecule has 0 unspecified atom stereocenters. The molecule has 0 spiro atoms. The number of hydrogen-bond donors (Lipinski definition) is 1. The second-order valence-electron chi connectivity index (χ2n) is 8.77. The van der Waals surface area contributed by atoms with Gasteiger partial charge in [0.05, 0.1) is 11.0 Å². The number of likely N-dealkylation sites (N-methyl/N-ethyl adjacent to an activating group) is 1. The number of fused-ring (bicyclic) bond motifs is 1. The Morgan fingerprint density at radius 2 is 1.60 bits per heavy atom. The Morgan fingerprint density at radius 3 is 2.40 bits per heavy atom. The van der Waals surface area contributed by atoms with Crippen LogP contribution in [0.3, 0.4) is 0 Å². The fourth-order valence-corrected chi connectivity index (χ4v) is 4.24. The molecule has 0 aliphatic heterocycles. The molecule has 0 aliphatic carbocycles. The molecule has 0 aliphatic rings. The van der Waals surface area contributed by atoms with Crippen molar-refractivity contribution in [2.45, 2.75) is 39.2 Å². The molecule has 6 heteroatoms. The number of carbonyl (C=O) groups is 2. The Hall–Kier alpha value is -3.93. The number of carbonyl (C=O) groups excluding carboxylic acids is 2. The van der Waals surface area contributed by atoms with E-state index in [4.69, 9.17) is 4.98 Å². The Bertz CT molecular complexity index is 1300. The van der Waals surface area contributed by atoms with Crippen LogP contribution < -0.4 is 10.2 Å². The highest BCUT2D eigenvalue weighted by atomic mass is 16.2. The number of nitrogens with one attached hydrogen (secondary N) is 1. The molecule has 6 nitrogen and oxygen atoms in total. The van der Waals surface area contributed by atoms with Crippen LogP contribution in [0.2, 0.25) is 0 Å². The topological polar surface area (TPSA) is 67.2 Å². The van der Waals surface area contributed by atoms with E-state index >= 15 is 0 Å². The van der Waals surface area contributed by atoms with E-state index in [1.165, 1.54) is 0 Å². The van der Waals surface area contributed by atoms with Gasteiger partial charge in [0.25, 0.3) is 5.91 Å². The second kappa shape index (κ2) is 11.5. The third-order valence-electron chi connectivity index (χ3n) is 6.30. The first kappa shape index (κ1) is 24.2. The number of unbranched alkanes of at least 4 members (excludes halogenated alkanes) is 2. The number of hydrogen-bond acceptors (Lipinski definition) is 3. The third-order valence-corrected chi connectivity index (χ3v) is 6.30. The van der Waals surface area contributed by atoms with Gasteiger partial charge >= 0.3 is 0 Å². The summed E-state index contributed by atoms with van der Waals surface area (Å²) < 4.78 is 2.04. The number of anilines is 1. The van der Waals surface area contributed by atoms with Crippen molar-refractivity contribution < 1.29 is 9.59 Å². The van der Waals surface area contributed by atoms with Crippen LogP contribution in [0.1, 0.15) is 41.0 Å². The molecule has 1 N–H and O–H groups in total. The van der Waals surface area contributed by atoms with Gasteiger partial charge < -0.3 is 14.8 Å². The monoisotopic (exact) mass is 468 g/mol. The summed E-state index contributed by atoms with van der Waals surface area (Å²) in [7, 11) is 1.81. The summed E-state index contributed by atoms with van der Waals surface area (Å²) in [5.74, 6) is 0.912. The molecule has 0 bridgehead atoms. The van der Waals surface area contributed by atoms with Crippen LogP contribution in [0.5, 0.6) is 0 Å². The molecule has 35 heavy (non-hydrogen) atoms. The number of rotatable bonds is 10. The van der Waals surface area contributed by atoms with E-state index in [9.17, 15) is 9.59 Å². The van der Waals surface area contributed by atoms with E-state index in [-0.39, 0.29) is 18.4 Å². The number of aromatic nitrogens is 2. The van der Waals surface area contributed by atoms with Gasteiger partial charge in [-0.05, 0) is 55.7 Å². The maximum atomic E-state index is 13.1. The zero-order valence-corrected chi connectivity index (χ0v) is 20.4. The van der Waals surface area contributed by atoms with Crippen molar-refractivity contribution in [1.29, 1.82) is 0 Å². The molecule has 1 heterocycles. The van der Waals surface area contributed by atoms with E-state index < -0.39 is 0 Å². The molecule has 0 fully saturated rings. The lowest BCUT2D eigenvalue weighted by molar-refractivity contribution is -0.118. The molecule has 2 amide bonds. The summed E-state index contributed by atoms with van der Waals surface area (Å²) >= 11 is 0. The molecule has 0 saturated carbocycles. The summed E-state index contributed by atoms with van der Waals surface area (Å²) in [5.41, 5.74) is 4.46. The zero-order valence-electron chi connectivity index (χ0n) is 20.4. The van der Waals surface area contributed by atoms with Gasteiger partial charge in [0.15, 0.2) is 0 Å². The van der Waals surface area contributed by atoms with Gasteiger partial charge in [-0.1, -0.05) is 55.0 Å². The molecular formula is C29H32N4O2. The van der Waals surface area contributed by atoms with Crippen LogP contribution in [-0.4, -0.2) is 35.0 Å². The number of aryl methyl sites for hydroxylation is 2. The fourth-order valence-electron chi connectivity index (χ4n) is 4.24. The van der Waals surface area contributed by atoms with Gasteiger partial charge in [0.2, 0.25) is 5.91 Å². The van der Waals surface area contributed by atoms with Crippen LogP contribution in [0.15, 0.2) is 78.9 Å². The summed E-state index contributed by atoms with van der Waals surface area (Å²) in [5, 5.41) is 3.02. The Labute approximate surface area is 206 Å². The molecular weight excluding hydrogens is 436 g/mol. The first-order valence-corrected chi connectivity index (χ1v) is 12.1. The minimum Gasteiger partial charge on any atom is -0.352 e. The maximum absolute atomic E-state index is 13.1. The molecule has 3 aromatic carbocycles. The van der Waals surface area contributed by atoms with Crippen molar-refractivity contribution in [2.24, 2.45) is 0 Å². The number of para-hydroxylation sites is 3. The Kier molecular flexibility index (Phi) is 7.93. The summed E-state index contributed by atoms with van der Waals surface area (Å²) in [4.78, 5) is 31.9. The molecule has 4 rings (SSSR count). The van der Waals surface area contributed by atoms with Crippen LogP contribution >= 0.6 is 0 Å². The van der Waals surface area contributed by atoms with E-state index in [1.807, 2.05) is 97.4 Å². The number of amides is 2. The smallest absolute Gasteiger partial charge is 0.251 e. The van der Waals surface area contributed by atoms with Gasteiger partial charge in [0.1, 0.15) is 12.4 Å². The number of imidazole rings is 1. The maximum Gasteiger partial charge on any atom is 0.251 e. The summed E-state index contributed by atoms with van der Waals surface area (Å²) in [6.07, 6.45) is 3.58. The normalized spacial score (nSPS) is 10.9. The van der Waals surface area contributed by atoms with Crippen LogP contribution in [0.25, 0.3) is 11.0 Å². The van der Waals surface area contributed by atoms with E-state index in [2.05, 4.69) is 5.32 Å². The SMILES string of the molecule is Cc1ccccc1C(=O)NCCCCCc1nc2ccccc2n1CC(=O)N(C)c1ccccc1. The second-order valence-corrected chi connectivity index (χ2v) is 8.77. The Balaban J connectivity index is 1.33. The highest BCUT2D eigenvalue weighted by molar-refractivity contribution is 5.95. The number of nitrogens with zero attached hydrogens (tertiary/aromatic N) is 3. The zero-order chi connectivity index (χ0) is 24.6. The lowest BCUT2D eigenvalue weighted by atomic mass is 10.1. The van der Waals surface area contributed by atoms with E-state index in [1.54, 1.807) is 4.90 Å². The largest absolute Gasteiger partial charge is 0.352 e. The predicted molar refractivity (Wildman–Crippen MR) is 141 cm³/mol. The molecule has 180 valence electrons. The quantitative estimate of drug-likeness (QED) is 0.327. The van der Waals surface area contributed by atoms with Gasteiger partial charge in [-0.15, -0.1) is 0 Å². The van der Waals surface area contributed by atoms with Crippen LogP contribution in [0, 0.1) is 6.92 Å². The van der Waals surface area contributed by atoms with Gasteiger partial charge in [0, 0.05) is 31.3 Å². The third kappa shape index (κ3) is 5.96. The van der Waals surface area contributed by atoms with Crippen molar-refractivity contribution in [2.75, 3.05) is 18.5 Å². The van der Waals surface area contributed by atoms with E-state index in [0.717, 1.165) is 59.4 Å². The van der Waals surface area contributed by atoms with Gasteiger partial charge in [-0.3, -0.25) is 9.59 Å². The molecule has 0 atom stereocenters. The van der Waals surface area contributed by atoms with Crippen LogP contribution in [-0.2, 0) is 17.8 Å². The van der Waals surface area contributed by atoms with Crippen molar-refractivity contribution in [3.63, 3.8) is 0 Å². The minimum absolute atomic E-state index is 0.0134. The first-order chi connectivity index (χ1) is 17.0. The molecule has 0 radical (unpaired) electrons. The lowest BCUT2D eigenvalue weighted by Gasteiger charge is -2.18. The van der Waals surface area contributed by atoms with Crippen LogP contribution in [0.4, 0.5) is 5.69 Å². The number of benzene rings is 3. The standard InChI is InChI=1S/C29H32N4O2/c1-22-13-8-9-16-24(22)29(35)30-20-12-4-7-19-27-31-25-17-10-11-18-26(25)33(27)21-28(34)32(2)23-14-5-3-6-15-23/h3,5-6,8-11,13-18H,4,7,12,19-21H2,1-2H3,(H,30,35). The van der Waals surface area contributed by atoms with Crippen molar-refractivity contribution in [3.05, 3.63) is 95.8 Å². The van der Waals surface area contributed by atoms with Gasteiger partial charge in [-0.2, -0.15) is 0 Å². The van der Waals surface area contributed by atoms with Crippen molar-refractivity contribution in [1.82, 2.24) is 14.9 Å². The molecule has 1 aromatic heterocycles. The predicted octanol–water partition coefficient (Wildman–Crippen LogP) is 5.15. The molecule has 0 saturated heterocycles. The average Bonchev–Trinajstić information content (AvgIpc) is 3.23.